The van der Waals surface area contributed by atoms with Crippen LogP contribution in [0, 0.1) is 5.92 Å². The number of likely N-dealkylation sites (N-methyl/N-ethyl adjacent to an activating group) is 1. The zero-order valence-corrected chi connectivity index (χ0v) is 14.6. The fourth-order valence-corrected chi connectivity index (χ4v) is 3.50. The zero-order chi connectivity index (χ0) is 16.8. The summed E-state index contributed by atoms with van der Waals surface area (Å²) in [6.45, 7) is 9.35. The summed E-state index contributed by atoms with van der Waals surface area (Å²) in [4.78, 5) is 16.6. The molecule has 23 heavy (non-hydrogen) atoms. The minimum atomic E-state index is -0.396. The van der Waals surface area contributed by atoms with Crippen LogP contribution in [0.2, 0.25) is 0 Å². The molecule has 0 spiro atoms. The Morgan fingerprint density at radius 2 is 1.78 bits per heavy atom. The SMILES string of the molecule is CCN(CC)C(=O)C(C)N1CCC(C(O)c2ccccc2)CC1. The number of aliphatic hydroxyl groups excluding tert-OH is 1. The van der Waals surface area contributed by atoms with Gasteiger partial charge in [-0.3, -0.25) is 9.69 Å². The molecule has 2 atom stereocenters. The van der Waals surface area contributed by atoms with Crippen LogP contribution in [0.3, 0.4) is 0 Å². The molecule has 1 aliphatic rings. The van der Waals surface area contributed by atoms with E-state index in [2.05, 4.69) is 4.90 Å². The number of piperidine rings is 1. The van der Waals surface area contributed by atoms with Crippen LogP contribution in [-0.2, 0) is 4.79 Å². The highest BCUT2D eigenvalue weighted by Gasteiger charge is 2.31. The molecule has 1 N–H and O–H groups in total. The van der Waals surface area contributed by atoms with Crippen LogP contribution in [0.1, 0.15) is 45.3 Å². The summed E-state index contributed by atoms with van der Waals surface area (Å²) in [5, 5.41) is 10.5. The summed E-state index contributed by atoms with van der Waals surface area (Å²) in [6, 6.07) is 9.83. The fourth-order valence-electron chi connectivity index (χ4n) is 3.50. The molecule has 1 saturated heterocycles. The van der Waals surface area contributed by atoms with Crippen molar-refractivity contribution in [1.29, 1.82) is 0 Å². The summed E-state index contributed by atoms with van der Waals surface area (Å²) in [7, 11) is 0. The molecular formula is C19H30N2O2. The lowest BCUT2D eigenvalue weighted by Gasteiger charge is -2.38. The molecule has 0 aromatic heterocycles. The Morgan fingerprint density at radius 3 is 2.30 bits per heavy atom. The van der Waals surface area contributed by atoms with Gasteiger partial charge in [0.15, 0.2) is 0 Å². The van der Waals surface area contributed by atoms with Crippen molar-refractivity contribution in [2.75, 3.05) is 26.2 Å². The highest BCUT2D eigenvalue weighted by Crippen LogP contribution is 2.31. The maximum atomic E-state index is 12.5. The number of nitrogens with zero attached hydrogens (tertiary/aromatic N) is 2. The van der Waals surface area contributed by atoms with Crippen LogP contribution >= 0.6 is 0 Å². The van der Waals surface area contributed by atoms with Crippen LogP contribution < -0.4 is 0 Å². The molecule has 4 heteroatoms. The molecule has 1 fully saturated rings. The van der Waals surface area contributed by atoms with Gasteiger partial charge in [-0.05, 0) is 58.2 Å². The number of rotatable bonds is 6. The van der Waals surface area contributed by atoms with Crippen LogP contribution in [0.4, 0.5) is 0 Å². The molecule has 0 aliphatic carbocycles. The lowest BCUT2D eigenvalue weighted by atomic mass is 9.87. The molecular weight excluding hydrogens is 288 g/mol. The second-order valence-electron chi connectivity index (χ2n) is 6.42. The van der Waals surface area contributed by atoms with Crippen LogP contribution in [0.15, 0.2) is 30.3 Å². The van der Waals surface area contributed by atoms with E-state index in [-0.39, 0.29) is 17.9 Å². The van der Waals surface area contributed by atoms with Crippen LogP contribution in [-0.4, -0.2) is 53.0 Å². The van der Waals surface area contributed by atoms with Gasteiger partial charge in [-0.25, -0.2) is 0 Å². The number of carbonyl (C=O) groups excluding carboxylic acids is 1. The zero-order valence-electron chi connectivity index (χ0n) is 14.6. The second kappa shape index (κ2) is 8.46. The summed E-state index contributed by atoms with van der Waals surface area (Å²) in [5.41, 5.74) is 0.998. The number of benzene rings is 1. The maximum absolute atomic E-state index is 12.5. The molecule has 128 valence electrons. The van der Waals surface area contributed by atoms with E-state index in [1.165, 1.54) is 0 Å². The van der Waals surface area contributed by atoms with E-state index < -0.39 is 6.10 Å². The van der Waals surface area contributed by atoms with E-state index in [1.807, 2.05) is 56.0 Å². The van der Waals surface area contributed by atoms with Gasteiger partial charge >= 0.3 is 0 Å². The Bertz CT molecular complexity index is 479. The average Bonchev–Trinajstić information content (AvgIpc) is 2.62. The van der Waals surface area contributed by atoms with Crippen LogP contribution in [0.5, 0.6) is 0 Å². The van der Waals surface area contributed by atoms with Gasteiger partial charge in [0.2, 0.25) is 5.91 Å². The second-order valence-corrected chi connectivity index (χ2v) is 6.42. The smallest absolute Gasteiger partial charge is 0.239 e. The number of likely N-dealkylation sites (tertiary alicyclic amines) is 1. The Morgan fingerprint density at radius 1 is 1.22 bits per heavy atom. The quantitative estimate of drug-likeness (QED) is 0.877. The van der Waals surface area contributed by atoms with Gasteiger partial charge in [-0.1, -0.05) is 30.3 Å². The molecule has 1 aliphatic heterocycles. The van der Waals surface area contributed by atoms with Crippen molar-refractivity contribution in [2.24, 2.45) is 5.92 Å². The topological polar surface area (TPSA) is 43.8 Å². The molecule has 1 amide bonds. The van der Waals surface area contributed by atoms with Gasteiger partial charge < -0.3 is 10.0 Å². The van der Waals surface area contributed by atoms with E-state index in [9.17, 15) is 9.90 Å². The minimum absolute atomic E-state index is 0.0651. The van der Waals surface area contributed by atoms with Gasteiger partial charge in [0.1, 0.15) is 0 Å². The Balaban J connectivity index is 1.89. The first kappa shape index (κ1) is 18.0. The van der Waals surface area contributed by atoms with E-state index in [4.69, 9.17) is 0 Å². The van der Waals surface area contributed by atoms with E-state index >= 15 is 0 Å². The molecule has 0 radical (unpaired) electrons. The van der Waals surface area contributed by atoms with Crippen molar-refractivity contribution in [3.63, 3.8) is 0 Å². The lowest BCUT2D eigenvalue weighted by Crippen LogP contribution is -2.50. The monoisotopic (exact) mass is 318 g/mol. The number of hydrogen-bond acceptors (Lipinski definition) is 3. The van der Waals surface area contributed by atoms with Crippen molar-refractivity contribution in [3.8, 4) is 0 Å². The standard InChI is InChI=1S/C19H30N2O2/c1-4-20(5-2)19(23)15(3)21-13-11-17(12-14-21)18(22)16-9-7-6-8-10-16/h6-10,15,17-18,22H,4-5,11-14H2,1-3H3. The van der Waals surface area contributed by atoms with Gasteiger partial charge in [0.05, 0.1) is 12.1 Å². The van der Waals surface area contributed by atoms with Crippen molar-refractivity contribution < 1.29 is 9.90 Å². The van der Waals surface area contributed by atoms with Crippen molar-refractivity contribution in [2.45, 2.75) is 45.8 Å². The summed E-state index contributed by atoms with van der Waals surface area (Å²) >= 11 is 0. The molecule has 1 aromatic carbocycles. The third kappa shape index (κ3) is 4.33. The third-order valence-corrected chi connectivity index (χ3v) is 5.14. The number of amides is 1. The third-order valence-electron chi connectivity index (χ3n) is 5.14. The molecule has 4 nitrogen and oxygen atoms in total. The van der Waals surface area contributed by atoms with Crippen molar-refractivity contribution >= 4 is 5.91 Å². The highest BCUT2D eigenvalue weighted by molar-refractivity contribution is 5.81. The number of aliphatic hydroxyl groups is 1. The number of carbonyl (C=O) groups is 1. The predicted molar refractivity (Wildman–Crippen MR) is 93.1 cm³/mol. The first-order valence-corrected chi connectivity index (χ1v) is 8.84. The molecule has 2 unspecified atom stereocenters. The van der Waals surface area contributed by atoms with Gasteiger partial charge in [-0.15, -0.1) is 0 Å². The van der Waals surface area contributed by atoms with Gasteiger partial charge in [0, 0.05) is 13.1 Å². The minimum Gasteiger partial charge on any atom is -0.388 e. The van der Waals surface area contributed by atoms with Gasteiger partial charge in [-0.2, -0.15) is 0 Å². The Kier molecular flexibility index (Phi) is 6.60. The summed E-state index contributed by atoms with van der Waals surface area (Å²) in [6.07, 6.45) is 1.48. The van der Waals surface area contributed by atoms with Gasteiger partial charge in [0.25, 0.3) is 0 Å². The molecule has 1 aromatic rings. The number of hydrogen-bond donors (Lipinski definition) is 1. The lowest BCUT2D eigenvalue weighted by molar-refractivity contribution is -0.136. The summed E-state index contributed by atoms with van der Waals surface area (Å²) in [5.74, 6) is 0.501. The molecule has 1 heterocycles. The molecule has 0 saturated carbocycles. The fraction of sp³-hybridized carbons (Fsp3) is 0.632. The van der Waals surface area contributed by atoms with Crippen LogP contribution in [0.25, 0.3) is 0 Å². The first-order chi connectivity index (χ1) is 11.1. The van der Waals surface area contributed by atoms with E-state index in [1.54, 1.807) is 0 Å². The average molecular weight is 318 g/mol. The van der Waals surface area contributed by atoms with Crippen molar-refractivity contribution in [1.82, 2.24) is 9.80 Å². The highest BCUT2D eigenvalue weighted by atomic mass is 16.3. The Labute approximate surface area is 140 Å². The largest absolute Gasteiger partial charge is 0.388 e. The normalized spacial score (nSPS) is 19.3. The predicted octanol–water partition coefficient (Wildman–Crippen LogP) is 2.69. The summed E-state index contributed by atoms with van der Waals surface area (Å²) < 4.78 is 0. The first-order valence-electron chi connectivity index (χ1n) is 8.84. The Hall–Kier alpha value is -1.39. The molecule has 2 rings (SSSR count). The molecule has 0 bridgehead atoms. The van der Waals surface area contributed by atoms with E-state index in [0.29, 0.717) is 0 Å². The van der Waals surface area contributed by atoms with Crippen molar-refractivity contribution in [3.05, 3.63) is 35.9 Å². The van der Waals surface area contributed by atoms with E-state index in [0.717, 1.165) is 44.6 Å². The maximum Gasteiger partial charge on any atom is 0.239 e.